The maximum atomic E-state index is 13.9. The van der Waals surface area contributed by atoms with E-state index in [-0.39, 0.29) is 17.9 Å². The quantitative estimate of drug-likeness (QED) is 0.350. The van der Waals surface area contributed by atoms with Crippen LogP contribution in [-0.4, -0.2) is 40.5 Å². The monoisotopic (exact) mass is 436 g/mol. The Morgan fingerprint density at radius 1 is 1.16 bits per heavy atom. The number of rotatable bonds is 9. The Bertz CT molecular complexity index is 996. The van der Waals surface area contributed by atoms with Crippen LogP contribution in [0.25, 0.3) is 0 Å². The normalized spacial score (nSPS) is 12.5. The van der Waals surface area contributed by atoms with Gasteiger partial charge in [-0.3, -0.25) is 19.7 Å². The molecule has 0 aliphatic heterocycles. The fourth-order valence-electron chi connectivity index (χ4n) is 2.90. The molecule has 0 radical (unpaired) electrons. The van der Waals surface area contributed by atoms with Crippen molar-refractivity contribution in [3.63, 3.8) is 0 Å². The first kappa shape index (κ1) is 23.4. The fraction of sp³-hybridized carbons (Fsp3) is 0.250. The molecule has 2 aromatic rings. The number of aliphatic carboxylic acids is 1. The number of benzene rings is 2. The highest BCUT2D eigenvalue weighted by molar-refractivity contribution is 5.97. The molecule has 0 saturated heterocycles. The average molecular weight is 436 g/mol. The number of ether oxygens (including phenoxy) is 1. The summed E-state index contributed by atoms with van der Waals surface area (Å²) in [4.78, 5) is 46.6. The van der Waals surface area contributed by atoms with Crippen LogP contribution < -0.4 is 5.32 Å². The lowest BCUT2D eigenvalue weighted by atomic mass is 9.88. The van der Waals surface area contributed by atoms with Gasteiger partial charge in [0, 0.05) is 18.1 Å². The highest BCUT2D eigenvalue weighted by Gasteiger charge is 2.34. The van der Waals surface area contributed by atoms with Crippen LogP contribution in [0.1, 0.15) is 35.2 Å². The van der Waals surface area contributed by atoms with E-state index in [2.05, 4.69) is 5.32 Å². The van der Waals surface area contributed by atoms with E-state index in [1.54, 1.807) is 6.92 Å². The minimum absolute atomic E-state index is 0.0183. The number of nitrogens with one attached hydrogen (secondary N) is 1. The van der Waals surface area contributed by atoms with Crippen LogP contribution in [0.4, 0.5) is 14.5 Å². The SMILES string of the molecule is CCOC(=O)C[C@H](c1ccc([N+](=O)[O-])cc1)[C@H](NC(=O)c1cccc(F)c1F)C(=O)O. The van der Waals surface area contributed by atoms with Gasteiger partial charge in [-0.25, -0.2) is 13.6 Å². The Hall–Kier alpha value is -3.89. The predicted molar refractivity (Wildman–Crippen MR) is 102 cm³/mol. The molecule has 2 rings (SSSR count). The van der Waals surface area contributed by atoms with Gasteiger partial charge in [0.1, 0.15) is 6.04 Å². The third kappa shape index (κ3) is 5.81. The first-order chi connectivity index (χ1) is 14.6. The van der Waals surface area contributed by atoms with E-state index in [1.165, 1.54) is 12.1 Å². The number of carbonyl (C=O) groups is 3. The predicted octanol–water partition coefficient (Wildman–Crippen LogP) is 2.79. The number of amides is 1. The zero-order chi connectivity index (χ0) is 23.1. The van der Waals surface area contributed by atoms with Gasteiger partial charge in [0.15, 0.2) is 11.6 Å². The molecule has 9 nitrogen and oxygen atoms in total. The van der Waals surface area contributed by atoms with Crippen molar-refractivity contribution >= 4 is 23.5 Å². The second-order valence-corrected chi connectivity index (χ2v) is 6.36. The minimum atomic E-state index is -1.75. The van der Waals surface area contributed by atoms with Crippen molar-refractivity contribution in [3.8, 4) is 0 Å². The van der Waals surface area contributed by atoms with Crippen molar-refractivity contribution in [1.29, 1.82) is 0 Å². The van der Waals surface area contributed by atoms with Gasteiger partial charge >= 0.3 is 11.9 Å². The number of esters is 1. The number of hydrogen-bond acceptors (Lipinski definition) is 6. The number of hydrogen-bond donors (Lipinski definition) is 2. The summed E-state index contributed by atoms with van der Waals surface area (Å²) in [5.41, 5.74) is -0.799. The molecular weight excluding hydrogens is 418 g/mol. The third-order valence-electron chi connectivity index (χ3n) is 4.38. The summed E-state index contributed by atoms with van der Waals surface area (Å²) >= 11 is 0. The summed E-state index contributed by atoms with van der Waals surface area (Å²) < 4.78 is 32.2. The number of nitro benzene ring substituents is 1. The summed E-state index contributed by atoms with van der Waals surface area (Å²) in [7, 11) is 0. The first-order valence-electron chi connectivity index (χ1n) is 9.03. The summed E-state index contributed by atoms with van der Waals surface area (Å²) in [5.74, 6) is -7.50. The number of carbonyl (C=O) groups excluding carboxylic acids is 2. The van der Waals surface area contributed by atoms with Gasteiger partial charge in [-0.15, -0.1) is 0 Å². The first-order valence-corrected chi connectivity index (χ1v) is 9.03. The Kier molecular flexibility index (Phi) is 7.72. The number of non-ortho nitro benzene ring substituents is 1. The zero-order valence-corrected chi connectivity index (χ0v) is 16.2. The number of nitrogens with zero attached hydrogens (tertiary/aromatic N) is 1. The maximum absolute atomic E-state index is 13.9. The molecule has 11 heteroatoms. The van der Waals surface area contributed by atoms with Crippen molar-refractivity contribution in [2.75, 3.05) is 6.61 Å². The van der Waals surface area contributed by atoms with E-state index in [0.29, 0.717) is 0 Å². The van der Waals surface area contributed by atoms with Crippen LogP contribution >= 0.6 is 0 Å². The smallest absolute Gasteiger partial charge is 0.326 e. The molecule has 0 spiro atoms. The molecule has 31 heavy (non-hydrogen) atoms. The summed E-state index contributed by atoms with van der Waals surface area (Å²) in [5, 5.41) is 22.6. The Labute approximate surface area is 174 Å². The summed E-state index contributed by atoms with van der Waals surface area (Å²) in [6, 6.07) is 5.80. The van der Waals surface area contributed by atoms with Crippen LogP contribution in [0.3, 0.4) is 0 Å². The molecule has 0 aliphatic carbocycles. The van der Waals surface area contributed by atoms with Gasteiger partial charge < -0.3 is 15.2 Å². The van der Waals surface area contributed by atoms with Crippen LogP contribution in [0.15, 0.2) is 42.5 Å². The largest absolute Gasteiger partial charge is 0.480 e. The zero-order valence-electron chi connectivity index (χ0n) is 16.2. The van der Waals surface area contributed by atoms with E-state index in [9.17, 15) is 38.4 Å². The lowest BCUT2D eigenvalue weighted by molar-refractivity contribution is -0.384. The van der Waals surface area contributed by atoms with Gasteiger partial charge in [0.25, 0.3) is 11.6 Å². The van der Waals surface area contributed by atoms with E-state index in [4.69, 9.17) is 4.74 Å². The molecule has 0 heterocycles. The number of carboxylic acid groups (broad SMARTS) is 1. The van der Waals surface area contributed by atoms with Crippen LogP contribution in [0.2, 0.25) is 0 Å². The van der Waals surface area contributed by atoms with Gasteiger partial charge in [0.2, 0.25) is 0 Å². The lowest BCUT2D eigenvalue weighted by Gasteiger charge is -2.25. The second-order valence-electron chi connectivity index (χ2n) is 6.36. The topological polar surface area (TPSA) is 136 Å². The molecule has 1 amide bonds. The van der Waals surface area contributed by atoms with E-state index in [1.807, 2.05) is 0 Å². The number of nitro groups is 1. The Morgan fingerprint density at radius 2 is 1.81 bits per heavy atom. The molecule has 0 aromatic heterocycles. The summed E-state index contributed by atoms with van der Waals surface area (Å²) in [6.07, 6.45) is -0.492. The molecule has 2 aromatic carbocycles. The number of carboxylic acids is 1. The second kappa shape index (κ2) is 10.2. The van der Waals surface area contributed by atoms with Gasteiger partial charge in [-0.1, -0.05) is 18.2 Å². The molecule has 2 N–H and O–H groups in total. The van der Waals surface area contributed by atoms with Crippen LogP contribution in [-0.2, 0) is 14.3 Å². The molecule has 0 saturated carbocycles. The molecule has 0 unspecified atom stereocenters. The lowest BCUT2D eigenvalue weighted by Crippen LogP contribution is -2.46. The highest BCUT2D eigenvalue weighted by atomic mass is 19.2. The van der Waals surface area contributed by atoms with E-state index >= 15 is 0 Å². The number of halogens is 2. The van der Waals surface area contributed by atoms with Crippen molar-refractivity contribution in [3.05, 3.63) is 75.3 Å². The Morgan fingerprint density at radius 3 is 2.35 bits per heavy atom. The molecule has 164 valence electrons. The molecule has 0 bridgehead atoms. The van der Waals surface area contributed by atoms with Crippen molar-refractivity contribution in [2.45, 2.75) is 25.3 Å². The molecule has 2 atom stereocenters. The van der Waals surface area contributed by atoms with Gasteiger partial charge in [-0.2, -0.15) is 0 Å². The Balaban J connectivity index is 2.41. The fourth-order valence-corrected chi connectivity index (χ4v) is 2.90. The van der Waals surface area contributed by atoms with Crippen molar-refractivity contribution < 1.29 is 37.9 Å². The van der Waals surface area contributed by atoms with E-state index in [0.717, 1.165) is 30.3 Å². The highest BCUT2D eigenvalue weighted by Crippen LogP contribution is 2.27. The molecular formula is C20H18F2N2O7. The maximum Gasteiger partial charge on any atom is 0.326 e. The van der Waals surface area contributed by atoms with Crippen molar-refractivity contribution in [1.82, 2.24) is 5.32 Å². The van der Waals surface area contributed by atoms with Gasteiger partial charge in [0.05, 0.1) is 23.5 Å². The standard InChI is InChI=1S/C20H18F2N2O7/c1-2-31-16(25)10-14(11-6-8-12(9-7-11)24(29)30)18(20(27)28)23-19(26)13-4-3-5-15(21)17(13)22/h3-9,14,18H,2,10H2,1H3,(H,23,26)(H,27,28)/t14-,18+/m1/s1. The third-order valence-corrected chi connectivity index (χ3v) is 4.38. The minimum Gasteiger partial charge on any atom is -0.480 e. The van der Waals surface area contributed by atoms with Crippen LogP contribution in [0.5, 0.6) is 0 Å². The van der Waals surface area contributed by atoms with Crippen LogP contribution in [0, 0.1) is 21.7 Å². The summed E-state index contributed by atoms with van der Waals surface area (Å²) in [6.45, 7) is 1.56. The van der Waals surface area contributed by atoms with Gasteiger partial charge in [-0.05, 0) is 24.6 Å². The van der Waals surface area contributed by atoms with Crippen molar-refractivity contribution in [2.24, 2.45) is 0 Å². The van der Waals surface area contributed by atoms with E-state index < -0.39 is 58.3 Å². The average Bonchev–Trinajstić information content (AvgIpc) is 2.72. The molecule has 0 fully saturated rings. The molecule has 0 aliphatic rings.